The molecule has 0 radical (unpaired) electrons. The number of aromatic nitrogens is 1. The van der Waals surface area contributed by atoms with Gasteiger partial charge in [-0.3, -0.25) is 0 Å². The molecule has 0 saturated heterocycles. The first kappa shape index (κ1) is 12.6. The molecule has 1 aromatic carbocycles. The lowest BCUT2D eigenvalue weighted by molar-refractivity contribution is 0.387. The van der Waals surface area contributed by atoms with Crippen LogP contribution in [0.5, 0.6) is 5.75 Å². The molecule has 2 rings (SSSR count). The summed E-state index contributed by atoms with van der Waals surface area (Å²) in [5.41, 5.74) is 6.73. The molecule has 0 aliphatic rings. The van der Waals surface area contributed by atoms with Gasteiger partial charge in [0.2, 0.25) is 0 Å². The second kappa shape index (κ2) is 5.22. The summed E-state index contributed by atoms with van der Waals surface area (Å²) in [4.78, 5) is 5.38. The molecule has 18 heavy (non-hydrogen) atoms. The highest BCUT2D eigenvalue weighted by Crippen LogP contribution is 2.28. The van der Waals surface area contributed by atoms with E-state index in [0.29, 0.717) is 17.9 Å². The van der Waals surface area contributed by atoms with Crippen LogP contribution < -0.4 is 15.8 Å². The highest BCUT2D eigenvalue weighted by atomic mass is 32.1. The molecule has 96 valence electrons. The molecular formula is C12H14FN3OS. The second-order valence-corrected chi connectivity index (χ2v) is 5.11. The third-order valence-electron chi connectivity index (χ3n) is 2.42. The van der Waals surface area contributed by atoms with Crippen LogP contribution in [0.1, 0.15) is 9.88 Å². The van der Waals surface area contributed by atoms with Crippen LogP contribution in [0.2, 0.25) is 0 Å². The first-order chi connectivity index (χ1) is 8.60. The summed E-state index contributed by atoms with van der Waals surface area (Å²) in [5, 5.41) is 4.07. The Bertz CT molecular complexity index is 556. The normalized spacial score (nSPS) is 10.4. The summed E-state index contributed by atoms with van der Waals surface area (Å²) < 4.78 is 18.3. The Morgan fingerprint density at radius 3 is 2.89 bits per heavy atom. The molecule has 2 aromatic rings. The van der Waals surface area contributed by atoms with Crippen molar-refractivity contribution in [3.8, 4) is 5.75 Å². The predicted molar refractivity (Wildman–Crippen MR) is 71.5 cm³/mol. The number of thiazole rings is 1. The van der Waals surface area contributed by atoms with Crippen molar-refractivity contribution < 1.29 is 9.13 Å². The van der Waals surface area contributed by atoms with Gasteiger partial charge in [0.1, 0.15) is 5.01 Å². The van der Waals surface area contributed by atoms with Gasteiger partial charge in [0, 0.05) is 23.2 Å². The Balaban J connectivity index is 2.13. The molecule has 0 aliphatic carbocycles. The number of aryl methyl sites for hydroxylation is 1. The molecule has 1 heterocycles. The number of methoxy groups -OCH3 is 1. The summed E-state index contributed by atoms with van der Waals surface area (Å²) in [6, 6.07) is 2.79. The van der Waals surface area contributed by atoms with Gasteiger partial charge in [-0.05, 0) is 6.92 Å². The van der Waals surface area contributed by atoms with E-state index in [-0.39, 0.29) is 5.75 Å². The number of nitrogens with two attached hydrogens (primary N) is 1. The number of hydrogen-bond donors (Lipinski definition) is 2. The lowest BCUT2D eigenvalue weighted by atomic mass is 10.2. The maximum Gasteiger partial charge on any atom is 0.167 e. The maximum absolute atomic E-state index is 13.4. The molecule has 0 saturated carbocycles. The lowest BCUT2D eigenvalue weighted by Gasteiger charge is -2.10. The zero-order chi connectivity index (χ0) is 13.1. The van der Waals surface area contributed by atoms with Crippen LogP contribution in [0, 0.1) is 12.7 Å². The minimum Gasteiger partial charge on any atom is -0.494 e. The topological polar surface area (TPSA) is 60.2 Å². The molecule has 0 spiro atoms. The van der Waals surface area contributed by atoms with Crippen molar-refractivity contribution >= 4 is 22.7 Å². The van der Waals surface area contributed by atoms with Crippen molar-refractivity contribution in [2.45, 2.75) is 13.5 Å². The average molecular weight is 267 g/mol. The summed E-state index contributed by atoms with van der Waals surface area (Å²) in [5.74, 6) is -0.298. The molecular weight excluding hydrogens is 253 g/mol. The summed E-state index contributed by atoms with van der Waals surface area (Å²) >= 11 is 1.61. The number of hydrogen-bond acceptors (Lipinski definition) is 5. The lowest BCUT2D eigenvalue weighted by Crippen LogP contribution is -2.03. The zero-order valence-electron chi connectivity index (χ0n) is 10.2. The Morgan fingerprint density at radius 1 is 1.50 bits per heavy atom. The van der Waals surface area contributed by atoms with Crippen molar-refractivity contribution in [3.05, 3.63) is 34.0 Å². The van der Waals surface area contributed by atoms with Crippen LogP contribution in [0.3, 0.4) is 0 Å². The molecule has 0 amide bonds. The number of halogens is 1. The van der Waals surface area contributed by atoms with Crippen molar-refractivity contribution in [1.29, 1.82) is 0 Å². The van der Waals surface area contributed by atoms with Gasteiger partial charge in [0.25, 0.3) is 0 Å². The summed E-state index contributed by atoms with van der Waals surface area (Å²) in [7, 11) is 1.42. The predicted octanol–water partition coefficient (Wildman–Crippen LogP) is 2.79. The standard InChI is InChI=1S/C12H14FN3OS/c1-7-5-16-12(18-7)6-15-10-4-11(17-2)8(13)3-9(10)14/h3-5,15H,6,14H2,1-2H3. The molecule has 4 nitrogen and oxygen atoms in total. The Morgan fingerprint density at radius 2 is 2.28 bits per heavy atom. The van der Waals surface area contributed by atoms with Gasteiger partial charge in [-0.2, -0.15) is 0 Å². The molecule has 0 aliphatic heterocycles. The molecule has 0 unspecified atom stereocenters. The van der Waals surface area contributed by atoms with Crippen molar-refractivity contribution in [1.82, 2.24) is 4.98 Å². The first-order valence-electron chi connectivity index (χ1n) is 5.38. The number of rotatable bonds is 4. The smallest absolute Gasteiger partial charge is 0.167 e. The van der Waals surface area contributed by atoms with Gasteiger partial charge in [0.05, 0.1) is 25.0 Å². The van der Waals surface area contributed by atoms with Crippen LogP contribution in [0.4, 0.5) is 15.8 Å². The minimum atomic E-state index is -0.467. The minimum absolute atomic E-state index is 0.169. The van der Waals surface area contributed by atoms with E-state index < -0.39 is 5.82 Å². The van der Waals surface area contributed by atoms with Gasteiger partial charge in [0.15, 0.2) is 11.6 Å². The van der Waals surface area contributed by atoms with Gasteiger partial charge in [-0.1, -0.05) is 0 Å². The number of nitrogens with zero attached hydrogens (tertiary/aromatic N) is 1. The maximum atomic E-state index is 13.4. The van der Waals surface area contributed by atoms with E-state index in [9.17, 15) is 4.39 Å². The monoisotopic (exact) mass is 267 g/mol. The Labute approximate surface area is 109 Å². The van der Waals surface area contributed by atoms with Crippen LogP contribution in [-0.4, -0.2) is 12.1 Å². The van der Waals surface area contributed by atoms with E-state index in [2.05, 4.69) is 10.3 Å². The van der Waals surface area contributed by atoms with E-state index in [1.807, 2.05) is 13.1 Å². The molecule has 0 atom stereocenters. The number of nitrogens with one attached hydrogen (secondary N) is 1. The van der Waals surface area contributed by atoms with E-state index in [0.717, 1.165) is 9.88 Å². The number of anilines is 2. The zero-order valence-corrected chi connectivity index (χ0v) is 11.0. The van der Waals surface area contributed by atoms with Gasteiger partial charge in [-0.25, -0.2) is 9.37 Å². The highest BCUT2D eigenvalue weighted by molar-refractivity contribution is 7.11. The fourth-order valence-corrected chi connectivity index (χ4v) is 2.26. The average Bonchev–Trinajstić information content (AvgIpc) is 2.74. The van der Waals surface area contributed by atoms with Crippen molar-refractivity contribution in [2.24, 2.45) is 0 Å². The molecule has 3 N–H and O–H groups in total. The van der Waals surface area contributed by atoms with E-state index >= 15 is 0 Å². The van der Waals surface area contributed by atoms with Gasteiger partial charge in [-0.15, -0.1) is 11.3 Å². The van der Waals surface area contributed by atoms with E-state index in [1.54, 1.807) is 17.4 Å². The fraction of sp³-hybridized carbons (Fsp3) is 0.250. The third kappa shape index (κ3) is 2.70. The molecule has 0 bridgehead atoms. The number of benzene rings is 1. The number of ether oxygens (including phenoxy) is 1. The third-order valence-corrected chi connectivity index (χ3v) is 3.34. The first-order valence-corrected chi connectivity index (χ1v) is 6.20. The largest absolute Gasteiger partial charge is 0.494 e. The summed E-state index contributed by atoms with van der Waals surface area (Å²) in [6.45, 7) is 2.55. The van der Waals surface area contributed by atoms with Crippen molar-refractivity contribution in [3.63, 3.8) is 0 Å². The fourth-order valence-electron chi connectivity index (χ4n) is 1.53. The van der Waals surface area contributed by atoms with Crippen LogP contribution in [0.15, 0.2) is 18.3 Å². The van der Waals surface area contributed by atoms with Crippen LogP contribution in [0.25, 0.3) is 0 Å². The quantitative estimate of drug-likeness (QED) is 0.836. The SMILES string of the molecule is COc1cc(NCc2ncc(C)s2)c(N)cc1F. The van der Waals surface area contributed by atoms with Gasteiger partial charge >= 0.3 is 0 Å². The van der Waals surface area contributed by atoms with Crippen LogP contribution in [-0.2, 0) is 6.54 Å². The van der Waals surface area contributed by atoms with Crippen molar-refractivity contribution in [2.75, 3.05) is 18.2 Å². The molecule has 1 aromatic heterocycles. The van der Waals surface area contributed by atoms with E-state index in [1.165, 1.54) is 13.2 Å². The van der Waals surface area contributed by atoms with Crippen LogP contribution >= 0.6 is 11.3 Å². The highest BCUT2D eigenvalue weighted by Gasteiger charge is 2.08. The Hall–Kier alpha value is -1.82. The van der Waals surface area contributed by atoms with Gasteiger partial charge < -0.3 is 15.8 Å². The molecule has 0 fully saturated rings. The molecule has 6 heteroatoms. The second-order valence-electron chi connectivity index (χ2n) is 3.79. The number of nitrogen functional groups attached to an aromatic ring is 1. The Kier molecular flexibility index (Phi) is 3.66. The summed E-state index contributed by atoms with van der Waals surface area (Å²) in [6.07, 6.45) is 1.82. The van der Waals surface area contributed by atoms with E-state index in [4.69, 9.17) is 10.5 Å².